The van der Waals surface area contributed by atoms with Gasteiger partial charge in [0, 0.05) is 35.8 Å². The van der Waals surface area contributed by atoms with E-state index in [2.05, 4.69) is 9.97 Å². The maximum absolute atomic E-state index is 12.5. The molecule has 0 saturated heterocycles. The van der Waals surface area contributed by atoms with Gasteiger partial charge in [-0.25, -0.2) is 9.97 Å². The van der Waals surface area contributed by atoms with Gasteiger partial charge in [-0.3, -0.25) is 4.79 Å². The van der Waals surface area contributed by atoms with Crippen molar-refractivity contribution < 1.29 is 9.90 Å². The third kappa shape index (κ3) is 2.86. The second-order valence-corrected chi connectivity index (χ2v) is 6.73. The molecule has 1 aliphatic heterocycles. The Labute approximate surface area is 141 Å². The van der Waals surface area contributed by atoms with Crippen LogP contribution >= 0.6 is 0 Å². The Morgan fingerprint density at radius 1 is 1.21 bits per heavy atom. The number of hydrogen-bond acceptors (Lipinski definition) is 4. The fourth-order valence-electron chi connectivity index (χ4n) is 3.37. The number of benzene rings is 1. The minimum absolute atomic E-state index is 0.232. The van der Waals surface area contributed by atoms with Crippen molar-refractivity contribution >= 4 is 5.91 Å². The fourth-order valence-corrected chi connectivity index (χ4v) is 3.37. The summed E-state index contributed by atoms with van der Waals surface area (Å²) in [6.07, 6.45) is 3.87. The maximum Gasteiger partial charge on any atom is 0.225 e. The van der Waals surface area contributed by atoms with Crippen LogP contribution < -0.4 is 0 Å². The van der Waals surface area contributed by atoms with Gasteiger partial charge in [-0.05, 0) is 56.9 Å². The molecule has 0 unspecified atom stereocenters. The van der Waals surface area contributed by atoms with E-state index >= 15 is 0 Å². The molecule has 1 amide bonds. The minimum Gasteiger partial charge on any atom is -0.508 e. The van der Waals surface area contributed by atoms with E-state index in [4.69, 9.17) is 0 Å². The molecule has 1 fully saturated rings. The number of phenolic OH excluding ortho intramolecular Hbond substituents is 1. The summed E-state index contributed by atoms with van der Waals surface area (Å²) < 4.78 is 0. The van der Waals surface area contributed by atoms with Crippen molar-refractivity contribution in [3.8, 4) is 17.0 Å². The number of hydrogen-bond donors (Lipinski definition) is 1. The first-order chi connectivity index (χ1) is 11.6. The third-order valence-corrected chi connectivity index (χ3v) is 4.77. The first-order valence-electron chi connectivity index (χ1n) is 8.56. The molecule has 1 saturated carbocycles. The average molecular weight is 323 g/mol. The SMILES string of the molecule is Cc1nc2c(c(-c3ccc(O)cc3)n1)CN(C(=O)C1CC1)CCC2. The number of amides is 1. The molecule has 1 aromatic carbocycles. The van der Waals surface area contributed by atoms with Gasteiger partial charge >= 0.3 is 0 Å². The molecule has 0 spiro atoms. The summed E-state index contributed by atoms with van der Waals surface area (Å²) >= 11 is 0. The van der Waals surface area contributed by atoms with Crippen LogP contribution in [0.4, 0.5) is 0 Å². The Balaban J connectivity index is 1.76. The van der Waals surface area contributed by atoms with Crippen LogP contribution in [0.1, 0.15) is 36.3 Å². The molecule has 2 aromatic rings. The smallest absolute Gasteiger partial charge is 0.225 e. The Hall–Kier alpha value is -2.43. The van der Waals surface area contributed by atoms with Gasteiger partial charge in [0.2, 0.25) is 5.91 Å². The normalized spacial score (nSPS) is 17.3. The van der Waals surface area contributed by atoms with E-state index < -0.39 is 0 Å². The number of carbonyl (C=O) groups excluding carboxylic acids is 1. The first kappa shape index (κ1) is 15.1. The summed E-state index contributed by atoms with van der Waals surface area (Å²) in [7, 11) is 0. The van der Waals surface area contributed by atoms with E-state index in [1.807, 2.05) is 24.0 Å². The zero-order valence-electron chi connectivity index (χ0n) is 13.8. The van der Waals surface area contributed by atoms with Crippen molar-refractivity contribution in [2.24, 2.45) is 5.92 Å². The Kier molecular flexibility index (Phi) is 3.71. The standard InChI is InChI=1S/C19H21N3O2/c1-12-20-17-3-2-10-22(19(24)14-4-5-14)11-16(17)18(21-12)13-6-8-15(23)9-7-13/h6-9,14,23H,2-5,10-11H2,1H3. The molecule has 0 bridgehead atoms. The Morgan fingerprint density at radius 3 is 2.67 bits per heavy atom. The summed E-state index contributed by atoms with van der Waals surface area (Å²) in [5.41, 5.74) is 3.94. The highest BCUT2D eigenvalue weighted by Gasteiger charge is 2.34. The van der Waals surface area contributed by atoms with Crippen molar-refractivity contribution in [3.63, 3.8) is 0 Å². The van der Waals surface area contributed by atoms with E-state index in [1.165, 1.54) is 0 Å². The van der Waals surface area contributed by atoms with Gasteiger partial charge < -0.3 is 10.0 Å². The summed E-state index contributed by atoms with van der Waals surface area (Å²) in [5, 5.41) is 9.54. The van der Waals surface area contributed by atoms with E-state index in [9.17, 15) is 9.90 Å². The summed E-state index contributed by atoms with van der Waals surface area (Å²) in [6, 6.07) is 7.08. The van der Waals surface area contributed by atoms with Gasteiger partial charge in [-0.2, -0.15) is 0 Å². The topological polar surface area (TPSA) is 66.3 Å². The molecular weight excluding hydrogens is 302 g/mol. The molecule has 124 valence electrons. The van der Waals surface area contributed by atoms with Crippen LogP contribution in [0, 0.1) is 12.8 Å². The number of aromatic nitrogens is 2. The molecule has 1 N–H and O–H groups in total. The molecule has 1 aliphatic carbocycles. The van der Waals surface area contributed by atoms with Crippen molar-refractivity contribution in [1.29, 1.82) is 0 Å². The highest BCUT2D eigenvalue weighted by Crippen LogP contribution is 2.34. The Bertz CT molecular complexity index is 782. The van der Waals surface area contributed by atoms with Crippen LogP contribution in [-0.2, 0) is 17.8 Å². The van der Waals surface area contributed by atoms with Crippen LogP contribution in [0.3, 0.4) is 0 Å². The number of nitrogens with zero attached hydrogens (tertiary/aromatic N) is 3. The molecule has 24 heavy (non-hydrogen) atoms. The van der Waals surface area contributed by atoms with Gasteiger partial charge in [0.25, 0.3) is 0 Å². The number of rotatable bonds is 2. The second-order valence-electron chi connectivity index (χ2n) is 6.73. The average Bonchev–Trinajstić information content (AvgIpc) is 3.41. The fraction of sp³-hybridized carbons (Fsp3) is 0.421. The van der Waals surface area contributed by atoms with Crippen LogP contribution in [0.2, 0.25) is 0 Å². The molecule has 4 rings (SSSR count). The predicted octanol–water partition coefficient (Wildman–Crippen LogP) is 2.84. The van der Waals surface area contributed by atoms with Crippen molar-refractivity contribution in [2.45, 2.75) is 39.2 Å². The third-order valence-electron chi connectivity index (χ3n) is 4.77. The lowest BCUT2D eigenvalue weighted by molar-refractivity contribution is -0.133. The molecular formula is C19H21N3O2. The monoisotopic (exact) mass is 323 g/mol. The Morgan fingerprint density at radius 2 is 1.96 bits per heavy atom. The minimum atomic E-state index is 0.232. The number of fused-ring (bicyclic) bond motifs is 1. The van der Waals surface area contributed by atoms with Gasteiger partial charge in [-0.15, -0.1) is 0 Å². The molecule has 5 heteroatoms. The lowest BCUT2D eigenvalue weighted by Crippen LogP contribution is -2.32. The zero-order chi connectivity index (χ0) is 16.7. The lowest BCUT2D eigenvalue weighted by atomic mass is 10.0. The van der Waals surface area contributed by atoms with Crippen molar-refractivity contribution in [1.82, 2.24) is 14.9 Å². The summed E-state index contributed by atoms with van der Waals surface area (Å²) in [5.74, 6) is 1.50. The van der Waals surface area contributed by atoms with E-state index in [0.717, 1.165) is 60.6 Å². The number of phenols is 1. The first-order valence-corrected chi connectivity index (χ1v) is 8.56. The molecule has 0 atom stereocenters. The van der Waals surface area contributed by atoms with E-state index in [0.29, 0.717) is 6.54 Å². The zero-order valence-corrected chi connectivity index (χ0v) is 13.8. The van der Waals surface area contributed by atoms with Crippen LogP contribution in [-0.4, -0.2) is 32.4 Å². The molecule has 5 nitrogen and oxygen atoms in total. The summed E-state index contributed by atoms with van der Waals surface area (Å²) in [4.78, 5) is 23.8. The van der Waals surface area contributed by atoms with Crippen LogP contribution in [0.5, 0.6) is 5.75 Å². The molecule has 0 radical (unpaired) electrons. The van der Waals surface area contributed by atoms with Gasteiger partial charge in [0.1, 0.15) is 11.6 Å². The van der Waals surface area contributed by atoms with E-state index in [-0.39, 0.29) is 17.6 Å². The van der Waals surface area contributed by atoms with Crippen LogP contribution in [0.25, 0.3) is 11.3 Å². The van der Waals surface area contributed by atoms with Gasteiger partial charge in [-0.1, -0.05) is 0 Å². The van der Waals surface area contributed by atoms with Crippen LogP contribution in [0.15, 0.2) is 24.3 Å². The predicted molar refractivity (Wildman–Crippen MR) is 90.3 cm³/mol. The number of aryl methyl sites for hydroxylation is 2. The molecule has 2 aliphatic rings. The van der Waals surface area contributed by atoms with Crippen molar-refractivity contribution in [3.05, 3.63) is 41.3 Å². The highest BCUT2D eigenvalue weighted by molar-refractivity contribution is 5.81. The molecule has 2 heterocycles. The van der Waals surface area contributed by atoms with E-state index in [1.54, 1.807) is 12.1 Å². The van der Waals surface area contributed by atoms with Gasteiger partial charge in [0.15, 0.2) is 0 Å². The quantitative estimate of drug-likeness (QED) is 0.923. The number of aromatic hydroxyl groups is 1. The molecule has 1 aromatic heterocycles. The lowest BCUT2D eigenvalue weighted by Gasteiger charge is -2.22. The maximum atomic E-state index is 12.5. The van der Waals surface area contributed by atoms with Gasteiger partial charge in [0.05, 0.1) is 5.69 Å². The highest BCUT2D eigenvalue weighted by atomic mass is 16.3. The largest absolute Gasteiger partial charge is 0.508 e. The second kappa shape index (κ2) is 5.89. The number of carbonyl (C=O) groups is 1. The van der Waals surface area contributed by atoms with Crippen molar-refractivity contribution in [2.75, 3.05) is 6.54 Å². The summed E-state index contributed by atoms with van der Waals surface area (Å²) in [6.45, 7) is 3.28.